The molecule has 2 aliphatic heterocycles. The number of amides is 1. The topological polar surface area (TPSA) is 40.5 Å². The van der Waals surface area contributed by atoms with E-state index in [4.69, 9.17) is 0 Å². The number of carbonyl (C=O) groups is 1. The summed E-state index contributed by atoms with van der Waals surface area (Å²) < 4.78 is 0. The molecule has 0 aromatic heterocycles. The molecule has 0 saturated carbocycles. The van der Waals surface area contributed by atoms with Crippen molar-refractivity contribution in [3.8, 4) is 0 Å². The Balaban J connectivity index is 1.34. The van der Waals surface area contributed by atoms with E-state index in [9.17, 15) is 9.90 Å². The number of fused-ring (bicyclic) bond motifs is 1. The number of benzene rings is 2. The second-order valence-corrected chi connectivity index (χ2v) is 8.18. The van der Waals surface area contributed by atoms with Crippen LogP contribution in [0.2, 0.25) is 0 Å². The minimum Gasteiger partial charge on any atom is -0.388 e. The number of nitrogens with zero attached hydrogens (tertiary/aromatic N) is 1. The molecule has 0 spiro atoms. The maximum Gasteiger partial charge on any atom is 0.236 e. The van der Waals surface area contributed by atoms with Crippen LogP contribution in [0.4, 0.5) is 0 Å². The Morgan fingerprint density at radius 1 is 1.04 bits per heavy atom. The zero-order chi connectivity index (χ0) is 17.2. The molecule has 0 bridgehead atoms. The Morgan fingerprint density at radius 3 is 2.44 bits per heavy atom. The lowest BCUT2D eigenvalue weighted by molar-refractivity contribution is -0.132. The number of hydrogen-bond donors (Lipinski definition) is 1. The molecule has 1 amide bonds. The van der Waals surface area contributed by atoms with Gasteiger partial charge in [0.1, 0.15) is 0 Å². The smallest absolute Gasteiger partial charge is 0.236 e. The van der Waals surface area contributed by atoms with Crippen LogP contribution in [0.25, 0.3) is 0 Å². The Hall–Kier alpha value is -1.78. The van der Waals surface area contributed by atoms with Crippen molar-refractivity contribution < 1.29 is 9.90 Å². The standard InChI is InChI=1S/C21H23NO2S/c23-20(15-6-2-1-3-7-15)16-10-12-22(13-11-16)21(24)19-14-17-8-4-5-9-18(17)25-19/h1-9,16,19-20,23H,10-14H2. The number of likely N-dealkylation sites (tertiary alicyclic amines) is 1. The van der Waals surface area contributed by atoms with Gasteiger partial charge in [0, 0.05) is 18.0 Å². The van der Waals surface area contributed by atoms with Gasteiger partial charge in [-0.25, -0.2) is 0 Å². The molecule has 4 rings (SSSR count). The SMILES string of the molecule is O=C(C1Cc2ccccc2S1)N1CCC(C(O)c2ccccc2)CC1. The summed E-state index contributed by atoms with van der Waals surface area (Å²) in [5.41, 5.74) is 2.27. The summed E-state index contributed by atoms with van der Waals surface area (Å²) in [7, 11) is 0. The van der Waals surface area contributed by atoms with Crippen molar-refractivity contribution >= 4 is 17.7 Å². The molecule has 2 aromatic carbocycles. The molecule has 1 N–H and O–H groups in total. The van der Waals surface area contributed by atoms with E-state index in [0.717, 1.165) is 37.9 Å². The van der Waals surface area contributed by atoms with Crippen LogP contribution in [0, 0.1) is 5.92 Å². The molecule has 2 aliphatic rings. The van der Waals surface area contributed by atoms with Gasteiger partial charge in [-0.1, -0.05) is 48.5 Å². The molecule has 2 aromatic rings. The van der Waals surface area contributed by atoms with Gasteiger partial charge < -0.3 is 10.0 Å². The fourth-order valence-electron chi connectivity index (χ4n) is 3.88. The maximum atomic E-state index is 12.9. The third-order valence-electron chi connectivity index (χ3n) is 5.36. The van der Waals surface area contributed by atoms with Gasteiger partial charge in [0.2, 0.25) is 5.91 Å². The Kier molecular flexibility index (Phi) is 4.82. The molecule has 4 heteroatoms. The largest absolute Gasteiger partial charge is 0.388 e. The minimum absolute atomic E-state index is 0.0213. The zero-order valence-electron chi connectivity index (χ0n) is 14.2. The minimum atomic E-state index is -0.427. The normalized spacial score (nSPS) is 21.8. The highest BCUT2D eigenvalue weighted by atomic mass is 32.2. The van der Waals surface area contributed by atoms with Gasteiger partial charge >= 0.3 is 0 Å². The number of aliphatic hydroxyl groups excluding tert-OH is 1. The summed E-state index contributed by atoms with van der Waals surface area (Å²) in [5.74, 6) is 0.494. The van der Waals surface area contributed by atoms with Gasteiger partial charge in [0.05, 0.1) is 11.4 Å². The molecule has 0 aliphatic carbocycles. The van der Waals surface area contributed by atoms with Crippen molar-refractivity contribution in [1.82, 2.24) is 4.90 Å². The van der Waals surface area contributed by atoms with Crippen LogP contribution in [-0.2, 0) is 11.2 Å². The third kappa shape index (κ3) is 3.46. The number of thioether (sulfide) groups is 1. The van der Waals surface area contributed by atoms with Crippen LogP contribution in [0.5, 0.6) is 0 Å². The quantitative estimate of drug-likeness (QED) is 0.915. The fourth-order valence-corrected chi connectivity index (χ4v) is 5.16. The summed E-state index contributed by atoms with van der Waals surface area (Å²) in [6.07, 6.45) is 2.15. The van der Waals surface area contributed by atoms with Crippen molar-refractivity contribution in [2.24, 2.45) is 5.92 Å². The van der Waals surface area contributed by atoms with Crippen LogP contribution < -0.4 is 0 Å². The first-order valence-electron chi connectivity index (χ1n) is 8.99. The molecule has 3 nitrogen and oxygen atoms in total. The number of aliphatic hydroxyl groups is 1. The van der Waals surface area contributed by atoms with E-state index in [0.29, 0.717) is 0 Å². The Bertz CT molecular complexity index is 716. The van der Waals surface area contributed by atoms with Crippen LogP contribution in [0.1, 0.15) is 30.1 Å². The van der Waals surface area contributed by atoms with Gasteiger partial charge in [-0.15, -0.1) is 11.8 Å². The number of hydrogen-bond acceptors (Lipinski definition) is 3. The van der Waals surface area contributed by atoms with E-state index in [1.807, 2.05) is 47.4 Å². The van der Waals surface area contributed by atoms with Gasteiger partial charge in [0.25, 0.3) is 0 Å². The molecule has 2 heterocycles. The predicted molar refractivity (Wildman–Crippen MR) is 100 cm³/mol. The van der Waals surface area contributed by atoms with E-state index in [1.165, 1.54) is 10.5 Å². The van der Waals surface area contributed by atoms with Crippen LogP contribution in [0.3, 0.4) is 0 Å². The molecular formula is C21H23NO2S. The summed E-state index contributed by atoms with van der Waals surface area (Å²) in [6.45, 7) is 1.50. The van der Waals surface area contributed by atoms with E-state index in [2.05, 4.69) is 12.1 Å². The lowest BCUT2D eigenvalue weighted by Crippen LogP contribution is -2.43. The van der Waals surface area contributed by atoms with Gasteiger partial charge in [-0.05, 0) is 42.4 Å². The van der Waals surface area contributed by atoms with Gasteiger partial charge in [-0.3, -0.25) is 4.79 Å². The van der Waals surface area contributed by atoms with Crippen LogP contribution >= 0.6 is 11.8 Å². The predicted octanol–water partition coefficient (Wildman–Crippen LogP) is 3.68. The maximum absolute atomic E-state index is 12.9. The van der Waals surface area contributed by atoms with Crippen LogP contribution in [-0.4, -0.2) is 34.3 Å². The Labute approximate surface area is 153 Å². The van der Waals surface area contributed by atoms with E-state index in [-0.39, 0.29) is 17.1 Å². The number of carbonyl (C=O) groups excluding carboxylic acids is 1. The summed E-state index contributed by atoms with van der Waals surface area (Å²) in [4.78, 5) is 16.1. The third-order valence-corrected chi connectivity index (χ3v) is 6.67. The van der Waals surface area contributed by atoms with Crippen molar-refractivity contribution in [3.05, 3.63) is 65.7 Å². The van der Waals surface area contributed by atoms with E-state index < -0.39 is 6.10 Å². The average molecular weight is 353 g/mol. The molecule has 1 saturated heterocycles. The van der Waals surface area contributed by atoms with Gasteiger partial charge in [-0.2, -0.15) is 0 Å². The van der Waals surface area contributed by atoms with Crippen LogP contribution in [0.15, 0.2) is 59.5 Å². The molecule has 0 radical (unpaired) electrons. The van der Waals surface area contributed by atoms with Crippen molar-refractivity contribution in [1.29, 1.82) is 0 Å². The molecule has 2 atom stereocenters. The van der Waals surface area contributed by atoms with E-state index in [1.54, 1.807) is 11.8 Å². The van der Waals surface area contributed by atoms with Crippen molar-refractivity contribution in [2.45, 2.75) is 35.5 Å². The molecule has 25 heavy (non-hydrogen) atoms. The summed E-state index contributed by atoms with van der Waals surface area (Å²) >= 11 is 1.70. The summed E-state index contributed by atoms with van der Waals surface area (Å²) in [6, 6.07) is 18.2. The van der Waals surface area contributed by atoms with Crippen molar-refractivity contribution in [3.63, 3.8) is 0 Å². The molecule has 130 valence electrons. The first-order valence-corrected chi connectivity index (χ1v) is 9.86. The Morgan fingerprint density at radius 2 is 1.72 bits per heavy atom. The van der Waals surface area contributed by atoms with Gasteiger partial charge in [0.15, 0.2) is 0 Å². The fraction of sp³-hybridized carbons (Fsp3) is 0.381. The number of rotatable bonds is 3. The zero-order valence-corrected chi connectivity index (χ0v) is 15.0. The second-order valence-electron chi connectivity index (χ2n) is 6.94. The molecule has 2 unspecified atom stereocenters. The second kappa shape index (κ2) is 7.22. The van der Waals surface area contributed by atoms with Crippen molar-refractivity contribution in [2.75, 3.05) is 13.1 Å². The molecule has 1 fully saturated rings. The van der Waals surface area contributed by atoms with E-state index >= 15 is 0 Å². The first-order chi connectivity index (χ1) is 12.2. The highest BCUT2D eigenvalue weighted by Gasteiger charge is 2.34. The average Bonchev–Trinajstić information content (AvgIpc) is 3.12. The monoisotopic (exact) mass is 353 g/mol. The number of piperidine rings is 1. The molecular weight excluding hydrogens is 330 g/mol. The highest BCUT2D eigenvalue weighted by Crippen LogP contribution is 2.38. The lowest BCUT2D eigenvalue weighted by atomic mass is 9.87. The lowest BCUT2D eigenvalue weighted by Gasteiger charge is -2.35. The first kappa shape index (κ1) is 16.7. The summed E-state index contributed by atoms with van der Waals surface area (Å²) in [5, 5.41) is 10.6. The highest BCUT2D eigenvalue weighted by molar-refractivity contribution is 8.01.